The summed E-state index contributed by atoms with van der Waals surface area (Å²) in [6.45, 7) is 0.920. The summed E-state index contributed by atoms with van der Waals surface area (Å²) in [7, 11) is 0. The molecular formula is C13H16BrN3O. The summed E-state index contributed by atoms with van der Waals surface area (Å²) in [4.78, 5) is 11.0. The number of nitrogens with zero attached hydrogens (tertiary/aromatic N) is 1. The Bertz CT molecular complexity index is 550. The minimum Gasteiger partial charge on any atom is -0.347 e. The third kappa shape index (κ3) is 3.11. The molecule has 0 saturated heterocycles. The van der Waals surface area contributed by atoms with Gasteiger partial charge < -0.3 is 4.57 Å². The van der Waals surface area contributed by atoms with Gasteiger partial charge in [-0.05, 0) is 37.1 Å². The molecule has 2 rings (SSSR count). The number of aromatic nitrogens is 1. The van der Waals surface area contributed by atoms with Crippen LogP contribution in [-0.2, 0) is 11.3 Å². The van der Waals surface area contributed by atoms with Gasteiger partial charge in [-0.1, -0.05) is 15.9 Å². The second kappa shape index (κ2) is 6.02. The molecule has 0 aliphatic carbocycles. The molecule has 3 N–H and O–H groups in total. The molecule has 5 heteroatoms. The quantitative estimate of drug-likeness (QED) is 0.386. The summed E-state index contributed by atoms with van der Waals surface area (Å²) < 4.78 is 3.30. The molecular weight excluding hydrogens is 294 g/mol. The number of unbranched alkanes of at least 4 members (excludes halogenated alkanes) is 1. The first-order chi connectivity index (χ1) is 8.70. The second-order valence-corrected chi connectivity index (χ2v) is 5.15. The van der Waals surface area contributed by atoms with Gasteiger partial charge in [0, 0.05) is 34.5 Å². The number of benzene rings is 1. The highest BCUT2D eigenvalue weighted by molar-refractivity contribution is 9.10. The van der Waals surface area contributed by atoms with E-state index in [1.165, 1.54) is 10.9 Å². The highest BCUT2D eigenvalue weighted by atomic mass is 79.9. The van der Waals surface area contributed by atoms with Crippen LogP contribution in [0.15, 0.2) is 34.9 Å². The first-order valence-corrected chi connectivity index (χ1v) is 6.74. The molecule has 0 radical (unpaired) electrons. The summed E-state index contributed by atoms with van der Waals surface area (Å²) >= 11 is 3.46. The van der Waals surface area contributed by atoms with Gasteiger partial charge in [0.1, 0.15) is 0 Å². The topological polar surface area (TPSA) is 60.0 Å². The third-order valence-electron chi connectivity index (χ3n) is 2.95. The van der Waals surface area contributed by atoms with Gasteiger partial charge in [-0.2, -0.15) is 0 Å². The van der Waals surface area contributed by atoms with Gasteiger partial charge in [0.05, 0.1) is 0 Å². The average Bonchev–Trinajstić information content (AvgIpc) is 2.76. The summed E-state index contributed by atoms with van der Waals surface area (Å²) in [5.74, 6) is 4.93. The number of rotatable bonds is 5. The second-order valence-electron chi connectivity index (χ2n) is 4.24. The highest BCUT2D eigenvalue weighted by Gasteiger charge is 2.02. The van der Waals surface area contributed by atoms with Gasteiger partial charge >= 0.3 is 0 Å². The van der Waals surface area contributed by atoms with Gasteiger partial charge in [0.15, 0.2) is 0 Å². The van der Waals surface area contributed by atoms with Gasteiger partial charge in [0.2, 0.25) is 5.91 Å². The molecule has 1 amide bonds. The van der Waals surface area contributed by atoms with E-state index in [2.05, 4.69) is 50.3 Å². The van der Waals surface area contributed by atoms with Crippen molar-refractivity contribution in [3.05, 3.63) is 34.9 Å². The molecule has 0 atom stereocenters. The zero-order valence-electron chi connectivity index (χ0n) is 10.0. The van der Waals surface area contributed by atoms with Gasteiger partial charge in [-0.3, -0.25) is 10.2 Å². The molecule has 0 aliphatic heterocycles. The molecule has 2 aromatic rings. The number of hydrazine groups is 1. The van der Waals surface area contributed by atoms with Gasteiger partial charge in [-0.15, -0.1) is 0 Å². The standard InChI is InChI=1S/C13H16BrN3O/c14-11-4-5-12-10(9-11)6-8-17(12)7-2-1-3-13(18)16-15/h4-6,8-9H,1-3,7,15H2,(H,16,18). The lowest BCUT2D eigenvalue weighted by molar-refractivity contribution is -0.121. The van der Waals surface area contributed by atoms with Crippen molar-refractivity contribution >= 4 is 32.7 Å². The maximum Gasteiger partial charge on any atom is 0.233 e. The lowest BCUT2D eigenvalue weighted by Crippen LogP contribution is -2.29. The van der Waals surface area contributed by atoms with Crippen molar-refractivity contribution in [2.75, 3.05) is 0 Å². The van der Waals surface area contributed by atoms with Crippen molar-refractivity contribution < 1.29 is 4.79 Å². The van der Waals surface area contributed by atoms with Gasteiger partial charge in [-0.25, -0.2) is 5.84 Å². The fourth-order valence-corrected chi connectivity index (χ4v) is 2.38. The van der Waals surface area contributed by atoms with Crippen molar-refractivity contribution in [3.63, 3.8) is 0 Å². The number of halogens is 1. The Labute approximate surface area is 114 Å². The van der Waals surface area contributed by atoms with Crippen LogP contribution in [0.2, 0.25) is 0 Å². The van der Waals surface area contributed by atoms with Crippen molar-refractivity contribution in [2.45, 2.75) is 25.8 Å². The molecule has 0 aliphatic rings. The Hall–Kier alpha value is -1.33. The predicted octanol–water partition coefficient (Wildman–Crippen LogP) is 2.56. The highest BCUT2D eigenvalue weighted by Crippen LogP contribution is 2.21. The Morgan fingerprint density at radius 2 is 2.17 bits per heavy atom. The number of fused-ring (bicyclic) bond motifs is 1. The molecule has 0 spiro atoms. The molecule has 0 saturated carbocycles. The van der Waals surface area contributed by atoms with Crippen LogP contribution in [0.3, 0.4) is 0 Å². The molecule has 4 nitrogen and oxygen atoms in total. The molecule has 96 valence electrons. The largest absolute Gasteiger partial charge is 0.347 e. The lowest BCUT2D eigenvalue weighted by Gasteiger charge is -2.05. The van der Waals surface area contributed by atoms with Crippen LogP contribution in [0, 0.1) is 0 Å². The molecule has 0 bridgehead atoms. The number of carbonyl (C=O) groups excluding carboxylic acids is 1. The molecule has 18 heavy (non-hydrogen) atoms. The predicted molar refractivity (Wildman–Crippen MR) is 75.8 cm³/mol. The monoisotopic (exact) mass is 309 g/mol. The van der Waals surface area contributed by atoms with Crippen LogP contribution in [0.5, 0.6) is 0 Å². The van der Waals surface area contributed by atoms with E-state index >= 15 is 0 Å². The van der Waals surface area contributed by atoms with E-state index in [1.54, 1.807) is 0 Å². The van der Waals surface area contributed by atoms with E-state index in [9.17, 15) is 4.79 Å². The van der Waals surface area contributed by atoms with E-state index in [4.69, 9.17) is 5.84 Å². The molecule has 0 fully saturated rings. The third-order valence-corrected chi connectivity index (χ3v) is 3.44. The van der Waals surface area contributed by atoms with Crippen molar-refractivity contribution in [1.82, 2.24) is 9.99 Å². The van der Waals surface area contributed by atoms with Crippen LogP contribution < -0.4 is 11.3 Å². The normalized spacial score (nSPS) is 10.8. The first-order valence-electron chi connectivity index (χ1n) is 5.94. The smallest absolute Gasteiger partial charge is 0.233 e. The van der Waals surface area contributed by atoms with E-state index in [0.29, 0.717) is 6.42 Å². The zero-order valence-corrected chi connectivity index (χ0v) is 11.6. The SMILES string of the molecule is NNC(=O)CCCCn1ccc2cc(Br)ccc21. The number of amides is 1. The lowest BCUT2D eigenvalue weighted by atomic mass is 10.2. The van der Waals surface area contributed by atoms with Crippen LogP contribution in [0.1, 0.15) is 19.3 Å². The summed E-state index contributed by atoms with van der Waals surface area (Å²) in [6.07, 6.45) is 4.38. The van der Waals surface area contributed by atoms with Crippen molar-refractivity contribution in [2.24, 2.45) is 5.84 Å². The molecule has 1 heterocycles. The van der Waals surface area contributed by atoms with Crippen LogP contribution in [-0.4, -0.2) is 10.5 Å². The minimum absolute atomic E-state index is 0.101. The first kappa shape index (κ1) is 13.1. The van der Waals surface area contributed by atoms with Crippen molar-refractivity contribution in [1.29, 1.82) is 0 Å². The summed E-state index contributed by atoms with van der Waals surface area (Å²) in [6, 6.07) is 8.35. The van der Waals surface area contributed by atoms with Crippen LogP contribution in [0.4, 0.5) is 0 Å². The summed E-state index contributed by atoms with van der Waals surface area (Å²) in [5, 5.41) is 1.23. The van der Waals surface area contributed by atoms with Crippen LogP contribution >= 0.6 is 15.9 Å². The van der Waals surface area contributed by atoms with Crippen molar-refractivity contribution in [3.8, 4) is 0 Å². The Morgan fingerprint density at radius 3 is 2.94 bits per heavy atom. The van der Waals surface area contributed by atoms with E-state index < -0.39 is 0 Å². The van der Waals surface area contributed by atoms with E-state index in [0.717, 1.165) is 23.9 Å². The molecule has 0 unspecified atom stereocenters. The number of nitrogens with one attached hydrogen (secondary N) is 1. The number of aryl methyl sites for hydroxylation is 1. The number of carbonyl (C=O) groups is 1. The summed E-state index contributed by atoms with van der Waals surface area (Å²) in [5.41, 5.74) is 3.37. The number of nitrogens with two attached hydrogens (primary N) is 1. The van der Waals surface area contributed by atoms with E-state index in [-0.39, 0.29) is 5.91 Å². The Balaban J connectivity index is 1.94. The van der Waals surface area contributed by atoms with Gasteiger partial charge in [0.25, 0.3) is 0 Å². The fraction of sp³-hybridized carbons (Fsp3) is 0.308. The van der Waals surface area contributed by atoms with Crippen LogP contribution in [0.25, 0.3) is 10.9 Å². The average molecular weight is 310 g/mol. The fourth-order valence-electron chi connectivity index (χ4n) is 2.01. The maximum absolute atomic E-state index is 11.0. The minimum atomic E-state index is -0.101. The maximum atomic E-state index is 11.0. The Morgan fingerprint density at radius 1 is 1.33 bits per heavy atom. The number of hydrogen-bond donors (Lipinski definition) is 2. The molecule has 1 aromatic carbocycles. The molecule has 1 aromatic heterocycles. The number of hydrogen-bond acceptors (Lipinski definition) is 2. The Kier molecular flexibility index (Phi) is 4.38. The van der Waals surface area contributed by atoms with E-state index in [1.807, 2.05) is 6.07 Å². The zero-order chi connectivity index (χ0) is 13.0.